The maximum absolute atomic E-state index is 11.0. The molecule has 16 heavy (non-hydrogen) atoms. The van der Waals surface area contributed by atoms with Gasteiger partial charge in [-0.05, 0) is 13.0 Å². The minimum absolute atomic E-state index is 0.373. The Morgan fingerprint density at radius 1 is 1.75 bits per heavy atom. The first-order valence-corrected chi connectivity index (χ1v) is 5.40. The van der Waals surface area contributed by atoms with Crippen molar-refractivity contribution >= 4 is 17.6 Å². The van der Waals surface area contributed by atoms with Crippen LogP contribution in [0.2, 0.25) is 0 Å². The van der Waals surface area contributed by atoms with Crippen LogP contribution >= 0.6 is 11.6 Å². The van der Waals surface area contributed by atoms with E-state index in [1.807, 2.05) is 20.0 Å². The third-order valence-corrected chi connectivity index (χ3v) is 2.52. The second-order valence-corrected chi connectivity index (χ2v) is 4.05. The van der Waals surface area contributed by atoms with Crippen LogP contribution in [0.5, 0.6) is 0 Å². The molecule has 0 aromatic carbocycles. The van der Waals surface area contributed by atoms with E-state index in [4.69, 9.17) is 11.6 Å². The van der Waals surface area contributed by atoms with Crippen molar-refractivity contribution in [2.24, 2.45) is 7.05 Å². The molecule has 0 saturated carbocycles. The van der Waals surface area contributed by atoms with Crippen molar-refractivity contribution in [3.05, 3.63) is 17.5 Å². The molecular weight excluding hydrogens is 230 g/mol. The zero-order valence-corrected chi connectivity index (χ0v) is 10.4. The minimum Gasteiger partial charge on any atom is -0.468 e. The molecule has 1 heterocycles. The molecule has 6 heteroatoms. The predicted molar refractivity (Wildman–Crippen MR) is 61.3 cm³/mol. The number of hydrogen-bond acceptors (Lipinski definition) is 4. The van der Waals surface area contributed by atoms with Gasteiger partial charge in [-0.2, -0.15) is 5.10 Å². The molecule has 1 N–H and O–H groups in total. The van der Waals surface area contributed by atoms with E-state index in [1.54, 1.807) is 4.68 Å². The number of halogens is 1. The molecule has 1 atom stereocenters. The first-order chi connectivity index (χ1) is 7.54. The Morgan fingerprint density at radius 2 is 2.44 bits per heavy atom. The second kappa shape index (κ2) is 5.86. The molecule has 0 radical (unpaired) electrons. The van der Waals surface area contributed by atoms with Crippen LogP contribution in [0, 0.1) is 6.92 Å². The number of hydrogen-bond donors (Lipinski definition) is 1. The second-order valence-electron chi connectivity index (χ2n) is 3.52. The molecule has 0 aliphatic carbocycles. The average Bonchev–Trinajstić information content (AvgIpc) is 2.56. The van der Waals surface area contributed by atoms with Crippen LogP contribution in [0.3, 0.4) is 0 Å². The summed E-state index contributed by atoms with van der Waals surface area (Å²) in [6.45, 7) is 2.93. The van der Waals surface area contributed by atoms with E-state index in [9.17, 15) is 4.79 Å². The Bertz CT molecular complexity index is 365. The minimum atomic E-state index is -0.653. The summed E-state index contributed by atoms with van der Waals surface area (Å²) in [5.41, 5.74) is 2.01. The lowest BCUT2D eigenvalue weighted by atomic mass is 10.3. The van der Waals surface area contributed by atoms with Gasteiger partial charge in [-0.3, -0.25) is 9.48 Å². The van der Waals surface area contributed by atoms with Gasteiger partial charge in [0, 0.05) is 20.1 Å². The van der Waals surface area contributed by atoms with E-state index >= 15 is 0 Å². The summed E-state index contributed by atoms with van der Waals surface area (Å²) in [6.07, 6.45) is 0. The van der Waals surface area contributed by atoms with Gasteiger partial charge in [0.25, 0.3) is 0 Å². The van der Waals surface area contributed by atoms with Gasteiger partial charge in [0.15, 0.2) is 0 Å². The van der Waals surface area contributed by atoms with Crippen LogP contribution < -0.4 is 5.32 Å². The van der Waals surface area contributed by atoms with Crippen LogP contribution in [-0.4, -0.2) is 34.8 Å². The van der Waals surface area contributed by atoms with Crippen LogP contribution in [0.1, 0.15) is 11.4 Å². The standard InChI is InChI=1S/C10H16ClN3O2/c1-7-4-8(14(2)13-7)5-12-6-9(11)10(15)16-3/h4,9,12H,5-6H2,1-3H3. The molecule has 1 rings (SSSR count). The number of carbonyl (C=O) groups is 1. The molecule has 0 saturated heterocycles. The third kappa shape index (κ3) is 3.50. The lowest BCUT2D eigenvalue weighted by Crippen LogP contribution is -2.30. The van der Waals surface area contributed by atoms with Crippen molar-refractivity contribution in [3.63, 3.8) is 0 Å². The van der Waals surface area contributed by atoms with Crippen molar-refractivity contribution in [2.45, 2.75) is 18.8 Å². The molecular formula is C10H16ClN3O2. The number of ether oxygens (including phenoxy) is 1. The van der Waals surface area contributed by atoms with E-state index < -0.39 is 11.3 Å². The lowest BCUT2D eigenvalue weighted by Gasteiger charge is -2.08. The van der Waals surface area contributed by atoms with Gasteiger partial charge in [-0.15, -0.1) is 11.6 Å². The largest absolute Gasteiger partial charge is 0.468 e. The molecule has 0 fully saturated rings. The molecule has 90 valence electrons. The van der Waals surface area contributed by atoms with Gasteiger partial charge in [-0.1, -0.05) is 0 Å². The highest BCUT2D eigenvalue weighted by molar-refractivity contribution is 6.30. The molecule has 1 aromatic rings. The first-order valence-electron chi connectivity index (χ1n) is 4.96. The van der Waals surface area contributed by atoms with Gasteiger partial charge >= 0.3 is 5.97 Å². The first kappa shape index (κ1) is 13.0. The number of aryl methyl sites for hydroxylation is 2. The highest BCUT2D eigenvalue weighted by Gasteiger charge is 2.14. The third-order valence-electron chi connectivity index (χ3n) is 2.19. The summed E-state index contributed by atoms with van der Waals surface area (Å²) in [6, 6.07) is 1.98. The summed E-state index contributed by atoms with van der Waals surface area (Å²) in [4.78, 5) is 11.0. The quantitative estimate of drug-likeness (QED) is 0.610. The number of alkyl halides is 1. The molecule has 5 nitrogen and oxygen atoms in total. The molecule has 0 aliphatic heterocycles. The number of aromatic nitrogens is 2. The Labute approximate surface area is 99.7 Å². The van der Waals surface area contributed by atoms with Crippen molar-refractivity contribution in [2.75, 3.05) is 13.7 Å². The summed E-state index contributed by atoms with van der Waals surface area (Å²) in [5, 5.41) is 6.64. The van der Waals surface area contributed by atoms with Crippen molar-refractivity contribution in [1.82, 2.24) is 15.1 Å². The maximum Gasteiger partial charge on any atom is 0.325 e. The van der Waals surface area contributed by atoms with Gasteiger partial charge in [0.1, 0.15) is 5.38 Å². The van der Waals surface area contributed by atoms with Crippen LogP contribution in [0.4, 0.5) is 0 Å². The summed E-state index contributed by atoms with van der Waals surface area (Å²) >= 11 is 5.78. The molecule has 1 aromatic heterocycles. The van der Waals surface area contributed by atoms with Gasteiger partial charge in [-0.25, -0.2) is 0 Å². The number of methoxy groups -OCH3 is 1. The number of carbonyl (C=O) groups excluding carboxylic acids is 1. The maximum atomic E-state index is 11.0. The Balaban J connectivity index is 2.36. The van der Waals surface area contributed by atoms with E-state index in [0.29, 0.717) is 13.1 Å². The number of esters is 1. The monoisotopic (exact) mass is 245 g/mol. The predicted octanol–water partition coefficient (Wildman–Crippen LogP) is 0.599. The highest BCUT2D eigenvalue weighted by Crippen LogP contribution is 2.02. The number of nitrogens with one attached hydrogen (secondary N) is 1. The van der Waals surface area contributed by atoms with Crippen molar-refractivity contribution in [3.8, 4) is 0 Å². The fraction of sp³-hybridized carbons (Fsp3) is 0.600. The van der Waals surface area contributed by atoms with E-state index in [0.717, 1.165) is 11.4 Å². The number of rotatable bonds is 5. The number of nitrogens with zero attached hydrogens (tertiary/aromatic N) is 2. The average molecular weight is 246 g/mol. The molecule has 0 bridgehead atoms. The SMILES string of the molecule is COC(=O)C(Cl)CNCc1cc(C)nn1C. The topological polar surface area (TPSA) is 56.1 Å². The van der Waals surface area contributed by atoms with E-state index in [2.05, 4.69) is 15.2 Å². The zero-order valence-electron chi connectivity index (χ0n) is 9.66. The lowest BCUT2D eigenvalue weighted by molar-refractivity contribution is -0.140. The fourth-order valence-electron chi connectivity index (χ4n) is 1.37. The highest BCUT2D eigenvalue weighted by atomic mass is 35.5. The van der Waals surface area contributed by atoms with E-state index in [-0.39, 0.29) is 0 Å². The smallest absolute Gasteiger partial charge is 0.325 e. The van der Waals surface area contributed by atoms with Crippen LogP contribution in [0.15, 0.2) is 6.07 Å². The Morgan fingerprint density at radius 3 is 2.94 bits per heavy atom. The van der Waals surface area contributed by atoms with Crippen LogP contribution in [0.25, 0.3) is 0 Å². The zero-order chi connectivity index (χ0) is 12.1. The van der Waals surface area contributed by atoms with Gasteiger partial charge < -0.3 is 10.1 Å². The Kier molecular flexibility index (Phi) is 4.76. The van der Waals surface area contributed by atoms with Gasteiger partial charge in [0.2, 0.25) is 0 Å². The van der Waals surface area contributed by atoms with Crippen molar-refractivity contribution < 1.29 is 9.53 Å². The molecule has 0 aliphatic rings. The van der Waals surface area contributed by atoms with Crippen molar-refractivity contribution in [1.29, 1.82) is 0 Å². The molecule has 0 amide bonds. The van der Waals surface area contributed by atoms with Crippen LogP contribution in [-0.2, 0) is 23.1 Å². The van der Waals surface area contributed by atoms with Gasteiger partial charge in [0.05, 0.1) is 18.5 Å². The normalized spacial score (nSPS) is 12.5. The summed E-state index contributed by atoms with van der Waals surface area (Å²) in [7, 11) is 3.20. The molecule has 0 spiro atoms. The Hall–Kier alpha value is -1.07. The molecule has 1 unspecified atom stereocenters. The summed E-state index contributed by atoms with van der Waals surface area (Å²) < 4.78 is 6.31. The fourth-order valence-corrected chi connectivity index (χ4v) is 1.57. The summed E-state index contributed by atoms with van der Waals surface area (Å²) in [5.74, 6) is -0.421. The van der Waals surface area contributed by atoms with E-state index in [1.165, 1.54) is 7.11 Å².